The van der Waals surface area contributed by atoms with E-state index in [1.54, 1.807) is 0 Å². The van der Waals surface area contributed by atoms with Crippen LogP contribution < -0.4 is 4.74 Å². The molecule has 0 aromatic heterocycles. The summed E-state index contributed by atoms with van der Waals surface area (Å²) < 4.78 is 6.77. The monoisotopic (exact) mass is 373 g/mol. The van der Waals surface area contributed by atoms with Crippen LogP contribution in [-0.4, -0.2) is 30.5 Å². The molecule has 1 amide bonds. The number of carbonyl (C=O) groups excluding carboxylic acids is 1. The molecule has 0 aliphatic carbocycles. The normalized spacial score (nSPS) is 15.4. The van der Waals surface area contributed by atoms with E-state index < -0.39 is 0 Å². The minimum atomic E-state index is 0.119. The van der Waals surface area contributed by atoms with Gasteiger partial charge in [-0.1, -0.05) is 40.2 Å². The Labute approximate surface area is 145 Å². The molecule has 0 spiro atoms. The zero-order valence-corrected chi connectivity index (χ0v) is 14.5. The number of carbonyl (C=O) groups is 1. The summed E-state index contributed by atoms with van der Waals surface area (Å²) in [5.41, 5.74) is 0.748. The second kappa shape index (κ2) is 7.64. The van der Waals surface area contributed by atoms with Gasteiger partial charge in [-0.05, 0) is 49.1 Å². The maximum atomic E-state index is 12.5. The number of halogens is 1. The Balaban J connectivity index is 1.49. The van der Waals surface area contributed by atoms with Crippen molar-refractivity contribution in [3.8, 4) is 5.75 Å². The average Bonchev–Trinajstić information content (AvgIpc) is 2.61. The van der Waals surface area contributed by atoms with E-state index in [1.807, 2.05) is 59.5 Å². The largest absolute Gasteiger partial charge is 0.493 e. The lowest BCUT2D eigenvalue weighted by atomic mass is 9.97. The van der Waals surface area contributed by atoms with Gasteiger partial charge in [0.2, 0.25) is 0 Å². The number of hydrogen-bond donors (Lipinski definition) is 0. The standard InChI is InChI=1S/C19H20BrNO2/c20-17-6-4-5-16(13-17)19(22)21-11-9-15(10-12-21)14-23-18-7-2-1-3-8-18/h1-8,13,15H,9-12,14H2. The van der Waals surface area contributed by atoms with Crippen molar-refractivity contribution in [2.45, 2.75) is 12.8 Å². The lowest BCUT2D eigenvalue weighted by molar-refractivity contribution is 0.0661. The first-order chi connectivity index (χ1) is 11.2. The number of piperidine rings is 1. The summed E-state index contributed by atoms with van der Waals surface area (Å²) in [5.74, 6) is 1.55. The van der Waals surface area contributed by atoms with E-state index in [0.29, 0.717) is 5.92 Å². The van der Waals surface area contributed by atoms with Crippen LogP contribution in [0.15, 0.2) is 59.1 Å². The van der Waals surface area contributed by atoms with Crippen molar-refractivity contribution in [1.82, 2.24) is 4.90 Å². The van der Waals surface area contributed by atoms with Crippen molar-refractivity contribution in [3.63, 3.8) is 0 Å². The average molecular weight is 374 g/mol. The zero-order chi connectivity index (χ0) is 16.1. The third-order valence-electron chi connectivity index (χ3n) is 4.20. The molecule has 0 atom stereocenters. The number of ether oxygens (including phenoxy) is 1. The molecule has 0 bridgehead atoms. The van der Waals surface area contributed by atoms with Gasteiger partial charge in [0.05, 0.1) is 6.61 Å². The van der Waals surface area contributed by atoms with Crippen molar-refractivity contribution < 1.29 is 9.53 Å². The topological polar surface area (TPSA) is 29.5 Å². The molecule has 1 aliphatic rings. The second-order valence-electron chi connectivity index (χ2n) is 5.87. The minimum absolute atomic E-state index is 0.119. The van der Waals surface area contributed by atoms with E-state index in [4.69, 9.17) is 4.74 Å². The maximum absolute atomic E-state index is 12.5. The van der Waals surface area contributed by atoms with E-state index in [9.17, 15) is 4.79 Å². The molecule has 120 valence electrons. The van der Waals surface area contributed by atoms with Crippen LogP contribution >= 0.6 is 15.9 Å². The van der Waals surface area contributed by atoms with Gasteiger partial charge < -0.3 is 9.64 Å². The van der Waals surface area contributed by atoms with Gasteiger partial charge in [0.15, 0.2) is 0 Å². The molecule has 1 aliphatic heterocycles. The molecule has 0 unspecified atom stereocenters. The van der Waals surface area contributed by atoms with Gasteiger partial charge in [0, 0.05) is 23.1 Å². The molecule has 1 saturated heterocycles. The van der Waals surface area contributed by atoms with Gasteiger partial charge in [-0.3, -0.25) is 4.79 Å². The molecule has 0 N–H and O–H groups in total. The van der Waals surface area contributed by atoms with Crippen LogP contribution in [-0.2, 0) is 0 Å². The fourth-order valence-electron chi connectivity index (χ4n) is 2.84. The molecule has 23 heavy (non-hydrogen) atoms. The number of hydrogen-bond acceptors (Lipinski definition) is 2. The molecule has 4 heteroatoms. The first-order valence-corrected chi connectivity index (χ1v) is 8.74. The Hall–Kier alpha value is -1.81. The molecule has 0 radical (unpaired) electrons. The third-order valence-corrected chi connectivity index (χ3v) is 4.70. The Morgan fingerprint density at radius 2 is 1.83 bits per heavy atom. The van der Waals surface area contributed by atoms with E-state index >= 15 is 0 Å². The Kier molecular flexibility index (Phi) is 5.34. The second-order valence-corrected chi connectivity index (χ2v) is 6.79. The van der Waals surface area contributed by atoms with Crippen LogP contribution in [0.5, 0.6) is 5.75 Å². The van der Waals surface area contributed by atoms with Crippen molar-refractivity contribution >= 4 is 21.8 Å². The summed E-state index contributed by atoms with van der Waals surface area (Å²) in [6, 6.07) is 17.5. The quantitative estimate of drug-likeness (QED) is 0.795. The van der Waals surface area contributed by atoms with Gasteiger partial charge in [-0.2, -0.15) is 0 Å². The van der Waals surface area contributed by atoms with Crippen molar-refractivity contribution in [2.24, 2.45) is 5.92 Å². The molecular formula is C19H20BrNO2. The van der Waals surface area contributed by atoms with Gasteiger partial charge in [0.1, 0.15) is 5.75 Å². The lowest BCUT2D eigenvalue weighted by Gasteiger charge is -2.32. The van der Waals surface area contributed by atoms with Gasteiger partial charge in [-0.15, -0.1) is 0 Å². The Morgan fingerprint density at radius 3 is 2.52 bits per heavy atom. The number of benzene rings is 2. The molecule has 3 rings (SSSR count). The minimum Gasteiger partial charge on any atom is -0.493 e. The van der Waals surface area contributed by atoms with Crippen LogP contribution in [0.3, 0.4) is 0 Å². The highest BCUT2D eigenvalue weighted by molar-refractivity contribution is 9.10. The van der Waals surface area contributed by atoms with Crippen molar-refractivity contribution in [3.05, 3.63) is 64.6 Å². The van der Waals surface area contributed by atoms with Crippen molar-refractivity contribution in [2.75, 3.05) is 19.7 Å². The molecule has 1 fully saturated rings. The number of likely N-dealkylation sites (tertiary alicyclic amines) is 1. The third kappa shape index (κ3) is 4.35. The Morgan fingerprint density at radius 1 is 1.09 bits per heavy atom. The van der Waals surface area contributed by atoms with E-state index in [1.165, 1.54) is 0 Å². The van der Waals surface area contributed by atoms with E-state index in [-0.39, 0.29) is 5.91 Å². The number of rotatable bonds is 4. The van der Waals surface area contributed by atoms with Crippen LogP contribution in [0, 0.1) is 5.92 Å². The summed E-state index contributed by atoms with van der Waals surface area (Å²) in [7, 11) is 0. The fourth-order valence-corrected chi connectivity index (χ4v) is 3.24. The van der Waals surface area contributed by atoms with Crippen LogP contribution in [0.2, 0.25) is 0 Å². The van der Waals surface area contributed by atoms with E-state index in [0.717, 1.165) is 48.3 Å². The number of nitrogens with zero attached hydrogens (tertiary/aromatic N) is 1. The summed E-state index contributed by atoms with van der Waals surface area (Å²) in [5, 5.41) is 0. The summed E-state index contributed by atoms with van der Waals surface area (Å²) >= 11 is 3.42. The summed E-state index contributed by atoms with van der Waals surface area (Å²) in [4.78, 5) is 14.5. The first-order valence-electron chi connectivity index (χ1n) is 7.95. The Bertz CT molecular complexity index is 651. The van der Waals surface area contributed by atoms with Crippen LogP contribution in [0.25, 0.3) is 0 Å². The van der Waals surface area contributed by atoms with Gasteiger partial charge in [-0.25, -0.2) is 0 Å². The molecular weight excluding hydrogens is 354 g/mol. The lowest BCUT2D eigenvalue weighted by Crippen LogP contribution is -2.39. The van der Waals surface area contributed by atoms with E-state index in [2.05, 4.69) is 15.9 Å². The van der Waals surface area contributed by atoms with Crippen molar-refractivity contribution in [1.29, 1.82) is 0 Å². The molecule has 2 aromatic rings. The number of amides is 1. The van der Waals surface area contributed by atoms with Gasteiger partial charge in [0.25, 0.3) is 5.91 Å². The summed E-state index contributed by atoms with van der Waals surface area (Å²) in [6.45, 7) is 2.32. The predicted octanol–water partition coefficient (Wildman–Crippen LogP) is 4.38. The highest BCUT2D eigenvalue weighted by Crippen LogP contribution is 2.21. The zero-order valence-electron chi connectivity index (χ0n) is 13.0. The highest BCUT2D eigenvalue weighted by atomic mass is 79.9. The summed E-state index contributed by atoms with van der Waals surface area (Å²) in [6.07, 6.45) is 1.99. The molecule has 3 nitrogen and oxygen atoms in total. The highest BCUT2D eigenvalue weighted by Gasteiger charge is 2.24. The van der Waals surface area contributed by atoms with Gasteiger partial charge >= 0.3 is 0 Å². The molecule has 1 heterocycles. The van der Waals surface area contributed by atoms with Crippen LogP contribution in [0.1, 0.15) is 23.2 Å². The predicted molar refractivity (Wildman–Crippen MR) is 94.7 cm³/mol. The number of para-hydroxylation sites is 1. The maximum Gasteiger partial charge on any atom is 0.253 e. The molecule has 2 aromatic carbocycles. The fraction of sp³-hybridized carbons (Fsp3) is 0.316. The van der Waals surface area contributed by atoms with Crippen LogP contribution in [0.4, 0.5) is 0 Å². The first kappa shape index (κ1) is 16.1. The SMILES string of the molecule is O=C(c1cccc(Br)c1)N1CCC(COc2ccccc2)CC1. The smallest absolute Gasteiger partial charge is 0.253 e. The molecule has 0 saturated carbocycles.